The first-order valence-electron chi connectivity index (χ1n) is 6.33. The summed E-state index contributed by atoms with van der Waals surface area (Å²) >= 11 is 0. The van der Waals surface area contributed by atoms with Gasteiger partial charge in [-0.3, -0.25) is 9.89 Å². The molecule has 92 valence electrons. The highest BCUT2D eigenvalue weighted by atomic mass is 16.2. The first kappa shape index (κ1) is 10.8. The molecule has 0 bridgehead atoms. The Balaban J connectivity index is 1.55. The van der Waals surface area contributed by atoms with Crippen molar-refractivity contribution >= 4 is 5.91 Å². The lowest BCUT2D eigenvalue weighted by Gasteiger charge is -2.17. The molecule has 1 amide bonds. The zero-order valence-electron chi connectivity index (χ0n) is 9.78. The van der Waals surface area contributed by atoms with Crippen LogP contribution in [0.4, 0.5) is 0 Å². The molecule has 2 fully saturated rings. The molecule has 0 radical (unpaired) electrons. The van der Waals surface area contributed by atoms with Crippen LogP contribution in [-0.4, -0.2) is 28.7 Å². The summed E-state index contributed by atoms with van der Waals surface area (Å²) in [7, 11) is 0. The van der Waals surface area contributed by atoms with Gasteiger partial charge in [-0.25, -0.2) is 0 Å². The molecule has 3 unspecified atom stereocenters. The molecule has 17 heavy (non-hydrogen) atoms. The third-order valence-electron chi connectivity index (χ3n) is 4.05. The third-order valence-corrected chi connectivity index (χ3v) is 4.05. The first-order valence-corrected chi connectivity index (χ1v) is 6.33. The number of nitrogens with one attached hydrogen (secondary N) is 3. The molecule has 1 aliphatic carbocycles. The van der Waals surface area contributed by atoms with Crippen molar-refractivity contribution < 1.29 is 4.79 Å². The standard InChI is InChI=1S/C12H18N4O/c17-12(14-4-8-5-15-16-6-8)11-10-3-1-2-9(10)7-13-11/h5-6,9-11,13H,1-4,7H2,(H,14,17)(H,15,16). The summed E-state index contributed by atoms with van der Waals surface area (Å²) < 4.78 is 0. The zero-order chi connectivity index (χ0) is 11.7. The van der Waals surface area contributed by atoms with Gasteiger partial charge >= 0.3 is 0 Å². The van der Waals surface area contributed by atoms with Crippen molar-refractivity contribution in [3.63, 3.8) is 0 Å². The van der Waals surface area contributed by atoms with Crippen molar-refractivity contribution in [3.8, 4) is 0 Å². The topological polar surface area (TPSA) is 69.8 Å². The van der Waals surface area contributed by atoms with E-state index in [2.05, 4.69) is 20.8 Å². The van der Waals surface area contributed by atoms with Crippen LogP contribution in [-0.2, 0) is 11.3 Å². The predicted molar refractivity (Wildman–Crippen MR) is 63.1 cm³/mol. The van der Waals surface area contributed by atoms with E-state index in [-0.39, 0.29) is 11.9 Å². The highest BCUT2D eigenvalue weighted by molar-refractivity contribution is 5.82. The Labute approximate surface area is 100 Å². The van der Waals surface area contributed by atoms with Crippen LogP contribution in [0.3, 0.4) is 0 Å². The predicted octanol–water partition coefficient (Wildman–Crippen LogP) is 0.414. The van der Waals surface area contributed by atoms with E-state index in [1.165, 1.54) is 19.3 Å². The minimum atomic E-state index is 0.0226. The Morgan fingerprint density at radius 1 is 1.53 bits per heavy atom. The van der Waals surface area contributed by atoms with Crippen LogP contribution < -0.4 is 10.6 Å². The van der Waals surface area contributed by atoms with E-state index in [1.807, 2.05) is 0 Å². The zero-order valence-corrected chi connectivity index (χ0v) is 9.78. The van der Waals surface area contributed by atoms with Gasteiger partial charge < -0.3 is 10.6 Å². The number of amides is 1. The summed E-state index contributed by atoms with van der Waals surface area (Å²) in [6.07, 6.45) is 7.30. The normalized spacial score (nSPS) is 31.4. The summed E-state index contributed by atoms with van der Waals surface area (Å²) in [5.41, 5.74) is 1.01. The van der Waals surface area contributed by atoms with Crippen LogP contribution in [0, 0.1) is 11.8 Å². The smallest absolute Gasteiger partial charge is 0.237 e. The van der Waals surface area contributed by atoms with Gasteiger partial charge in [0, 0.05) is 18.3 Å². The number of aromatic nitrogens is 2. The first-order chi connectivity index (χ1) is 8.34. The monoisotopic (exact) mass is 234 g/mol. The van der Waals surface area contributed by atoms with E-state index in [1.54, 1.807) is 12.4 Å². The Morgan fingerprint density at radius 2 is 2.47 bits per heavy atom. The van der Waals surface area contributed by atoms with Gasteiger partial charge in [-0.15, -0.1) is 0 Å². The number of nitrogens with zero attached hydrogens (tertiary/aromatic N) is 1. The molecule has 5 nitrogen and oxygen atoms in total. The Morgan fingerprint density at radius 3 is 3.29 bits per heavy atom. The Bertz CT molecular complexity index is 389. The van der Waals surface area contributed by atoms with E-state index >= 15 is 0 Å². The molecule has 3 atom stereocenters. The summed E-state index contributed by atoms with van der Waals surface area (Å²) in [4.78, 5) is 12.1. The number of fused-ring (bicyclic) bond motifs is 1. The lowest BCUT2D eigenvalue weighted by atomic mass is 9.93. The van der Waals surface area contributed by atoms with Gasteiger partial charge in [0.25, 0.3) is 0 Å². The molecule has 1 aromatic heterocycles. The molecule has 1 aliphatic heterocycles. The molecule has 1 aromatic rings. The van der Waals surface area contributed by atoms with Crippen molar-refractivity contribution in [2.75, 3.05) is 6.54 Å². The van der Waals surface area contributed by atoms with E-state index in [0.29, 0.717) is 12.5 Å². The fourth-order valence-corrected chi connectivity index (χ4v) is 3.15. The molecule has 0 aromatic carbocycles. The van der Waals surface area contributed by atoms with Crippen LogP contribution in [0.2, 0.25) is 0 Å². The van der Waals surface area contributed by atoms with Crippen LogP contribution in [0.25, 0.3) is 0 Å². The highest BCUT2D eigenvalue weighted by Gasteiger charge is 2.42. The number of carbonyl (C=O) groups is 1. The van der Waals surface area contributed by atoms with Crippen LogP contribution in [0.1, 0.15) is 24.8 Å². The largest absolute Gasteiger partial charge is 0.351 e. The molecular weight excluding hydrogens is 216 g/mol. The van der Waals surface area contributed by atoms with E-state index in [9.17, 15) is 4.79 Å². The van der Waals surface area contributed by atoms with Gasteiger partial charge in [0.05, 0.1) is 12.2 Å². The van der Waals surface area contributed by atoms with Gasteiger partial charge in [0.15, 0.2) is 0 Å². The lowest BCUT2D eigenvalue weighted by molar-refractivity contribution is -0.123. The highest BCUT2D eigenvalue weighted by Crippen LogP contribution is 2.37. The molecule has 3 N–H and O–H groups in total. The summed E-state index contributed by atoms with van der Waals surface area (Å²) in [5, 5.41) is 12.9. The summed E-state index contributed by atoms with van der Waals surface area (Å²) in [6, 6.07) is 0.0226. The van der Waals surface area contributed by atoms with Gasteiger partial charge in [-0.2, -0.15) is 5.10 Å². The maximum atomic E-state index is 12.1. The molecule has 5 heteroatoms. The van der Waals surface area contributed by atoms with Crippen molar-refractivity contribution in [3.05, 3.63) is 18.0 Å². The number of hydrogen-bond donors (Lipinski definition) is 3. The van der Waals surface area contributed by atoms with Crippen molar-refractivity contribution in [1.29, 1.82) is 0 Å². The molecule has 1 saturated heterocycles. The van der Waals surface area contributed by atoms with Gasteiger partial charge in [-0.1, -0.05) is 6.42 Å². The SMILES string of the molecule is O=C(NCc1cn[nH]c1)C1NCC2CCCC21. The molecule has 0 spiro atoms. The number of hydrogen-bond acceptors (Lipinski definition) is 3. The minimum Gasteiger partial charge on any atom is -0.351 e. The van der Waals surface area contributed by atoms with Crippen molar-refractivity contribution in [2.45, 2.75) is 31.8 Å². The van der Waals surface area contributed by atoms with Gasteiger partial charge in [-0.05, 0) is 31.2 Å². The van der Waals surface area contributed by atoms with E-state index < -0.39 is 0 Å². The molecule has 2 aliphatic rings. The Hall–Kier alpha value is -1.36. The summed E-state index contributed by atoms with van der Waals surface area (Å²) in [6.45, 7) is 1.57. The molecule has 1 saturated carbocycles. The fourth-order valence-electron chi connectivity index (χ4n) is 3.15. The quantitative estimate of drug-likeness (QED) is 0.709. The van der Waals surface area contributed by atoms with Gasteiger partial charge in [0.2, 0.25) is 5.91 Å². The third kappa shape index (κ3) is 2.07. The van der Waals surface area contributed by atoms with E-state index in [4.69, 9.17) is 0 Å². The number of H-pyrrole nitrogens is 1. The van der Waals surface area contributed by atoms with Crippen LogP contribution >= 0.6 is 0 Å². The second-order valence-corrected chi connectivity index (χ2v) is 5.07. The molecule has 3 rings (SSSR count). The Kier molecular flexibility index (Phi) is 2.84. The maximum absolute atomic E-state index is 12.1. The van der Waals surface area contributed by atoms with Gasteiger partial charge in [0.1, 0.15) is 0 Å². The van der Waals surface area contributed by atoms with Crippen molar-refractivity contribution in [2.24, 2.45) is 11.8 Å². The summed E-state index contributed by atoms with van der Waals surface area (Å²) in [5.74, 6) is 1.42. The van der Waals surface area contributed by atoms with Crippen LogP contribution in [0.5, 0.6) is 0 Å². The number of rotatable bonds is 3. The second kappa shape index (κ2) is 4.49. The van der Waals surface area contributed by atoms with Crippen molar-refractivity contribution in [1.82, 2.24) is 20.8 Å². The van der Waals surface area contributed by atoms with E-state index in [0.717, 1.165) is 18.0 Å². The fraction of sp³-hybridized carbons (Fsp3) is 0.667. The number of aromatic amines is 1. The average molecular weight is 234 g/mol. The lowest BCUT2D eigenvalue weighted by Crippen LogP contribution is -2.43. The molecule has 2 heterocycles. The molecular formula is C12H18N4O. The van der Waals surface area contributed by atoms with Crippen LogP contribution in [0.15, 0.2) is 12.4 Å². The minimum absolute atomic E-state index is 0.0226. The number of carbonyl (C=O) groups excluding carboxylic acids is 1. The maximum Gasteiger partial charge on any atom is 0.237 e. The average Bonchev–Trinajstić information content (AvgIpc) is 3.02. The second-order valence-electron chi connectivity index (χ2n) is 5.07.